The van der Waals surface area contributed by atoms with E-state index in [0.717, 1.165) is 3.93 Å². The number of hydrogen-bond donors (Lipinski definition) is 0. The molecule has 0 N–H and O–H groups in total. The van der Waals surface area contributed by atoms with Gasteiger partial charge in [0.2, 0.25) is 0 Å². The fourth-order valence-corrected chi connectivity index (χ4v) is 13.7. The van der Waals surface area contributed by atoms with E-state index in [1.54, 1.807) is 27.8 Å². The van der Waals surface area contributed by atoms with Crippen LogP contribution >= 0.6 is 0 Å². The van der Waals surface area contributed by atoms with Crippen molar-refractivity contribution >= 4 is 31.7 Å². The Hall–Kier alpha value is -0.0244. The van der Waals surface area contributed by atoms with Crippen molar-refractivity contribution in [3.8, 4) is 0 Å². The van der Waals surface area contributed by atoms with E-state index in [1.165, 1.54) is 12.8 Å². The molecule has 19 heavy (non-hydrogen) atoms. The second-order valence-electron chi connectivity index (χ2n) is 7.23. The van der Waals surface area contributed by atoms with E-state index in [9.17, 15) is 0 Å². The third-order valence-corrected chi connectivity index (χ3v) is 14.8. The van der Waals surface area contributed by atoms with Crippen LogP contribution in [-0.4, -0.2) is 25.6 Å². The van der Waals surface area contributed by atoms with E-state index in [1.807, 2.05) is 0 Å². The molecule has 0 spiro atoms. The summed E-state index contributed by atoms with van der Waals surface area (Å²) in [6.07, 6.45) is 5.03. The Morgan fingerprint density at radius 3 is 2.42 bits per heavy atom. The number of allylic oxidation sites excluding steroid dienone is 1. The van der Waals surface area contributed by atoms with E-state index in [0.29, 0.717) is 5.41 Å². The van der Waals surface area contributed by atoms with Gasteiger partial charge in [-0.2, -0.15) is 0 Å². The summed E-state index contributed by atoms with van der Waals surface area (Å²) in [6, 6.07) is 5.10. The van der Waals surface area contributed by atoms with Crippen LogP contribution in [0.1, 0.15) is 47.0 Å². The molecule has 0 fully saturated rings. The molecule has 1 aromatic rings. The molecule has 99 valence electrons. The number of benzene rings is 1. The summed E-state index contributed by atoms with van der Waals surface area (Å²) in [7, 11) is 0. The van der Waals surface area contributed by atoms with Crippen LogP contribution in [0.25, 0.3) is 6.08 Å². The number of rotatable bonds is 1. The molecule has 1 aromatic carbocycles. The summed E-state index contributed by atoms with van der Waals surface area (Å²) in [5, 5.41) is 0. The van der Waals surface area contributed by atoms with Crippen molar-refractivity contribution in [2.45, 2.75) is 50.6 Å². The molecule has 1 unspecified atom stereocenters. The van der Waals surface area contributed by atoms with Crippen molar-refractivity contribution in [3.05, 3.63) is 40.0 Å². The summed E-state index contributed by atoms with van der Waals surface area (Å²) in [6.45, 7) is 12.2. The quantitative estimate of drug-likeness (QED) is 0.646. The van der Waals surface area contributed by atoms with Crippen molar-refractivity contribution in [1.82, 2.24) is 0 Å². The summed E-state index contributed by atoms with van der Waals surface area (Å²) in [4.78, 5) is 0. The van der Waals surface area contributed by atoms with E-state index < -0.39 is 0 Å². The third kappa shape index (κ3) is 2.60. The Kier molecular flexibility index (Phi) is 3.49. The average molecular weight is 374 g/mol. The first-order valence-corrected chi connectivity index (χ1v) is 15.7. The normalized spacial score (nSPS) is 22.8. The standard InChI is InChI=1S/C15H17.C2H6Si.Sn/c1-10-4-11-6-13-8-15(2,3)9-14(13)7-12(11)5-10;1-3-2;/h4-7H,8-9H2,1-3H3;1-2H3;. The van der Waals surface area contributed by atoms with Crippen LogP contribution in [0, 0.1) is 5.41 Å². The molecule has 0 saturated heterocycles. The fourth-order valence-electron chi connectivity index (χ4n) is 3.58. The summed E-state index contributed by atoms with van der Waals surface area (Å²) in [5.74, 6) is 0.00119. The van der Waals surface area contributed by atoms with Gasteiger partial charge in [-0.15, -0.1) is 0 Å². The number of hydrogen-bond acceptors (Lipinski definition) is 0. The Bertz CT molecular complexity index is 604. The van der Waals surface area contributed by atoms with Gasteiger partial charge in [0.15, 0.2) is 0 Å². The minimum atomic E-state index is -0.242. The molecule has 0 saturated carbocycles. The second-order valence-corrected chi connectivity index (χ2v) is 22.2. The van der Waals surface area contributed by atoms with Gasteiger partial charge in [-0.05, 0) is 0 Å². The molecule has 2 aliphatic carbocycles. The third-order valence-electron chi connectivity index (χ3n) is 4.33. The van der Waals surface area contributed by atoms with Crippen molar-refractivity contribution in [3.63, 3.8) is 0 Å². The van der Waals surface area contributed by atoms with Crippen LogP contribution in [0.15, 0.2) is 17.7 Å². The van der Waals surface area contributed by atoms with E-state index in [-0.39, 0.29) is 25.6 Å². The summed E-state index contributed by atoms with van der Waals surface area (Å²) < 4.78 is 0.886. The topological polar surface area (TPSA) is 0 Å². The Morgan fingerprint density at radius 2 is 1.79 bits per heavy atom. The molecule has 1 atom stereocenters. The van der Waals surface area contributed by atoms with Gasteiger partial charge in [-0.1, -0.05) is 0 Å². The van der Waals surface area contributed by atoms with Crippen molar-refractivity contribution < 1.29 is 0 Å². The van der Waals surface area contributed by atoms with Gasteiger partial charge in [0.1, 0.15) is 0 Å². The van der Waals surface area contributed by atoms with Gasteiger partial charge < -0.3 is 0 Å². The molecule has 0 nitrogen and oxygen atoms in total. The second kappa shape index (κ2) is 4.76. The molecule has 0 heterocycles. The molecule has 0 bridgehead atoms. The zero-order chi connectivity index (χ0) is 13.8. The van der Waals surface area contributed by atoms with Crippen LogP contribution in [-0.2, 0) is 12.8 Å². The van der Waals surface area contributed by atoms with Gasteiger partial charge in [-0.3, -0.25) is 0 Å². The average Bonchev–Trinajstić information content (AvgIpc) is 2.71. The van der Waals surface area contributed by atoms with Crippen molar-refractivity contribution in [2.24, 2.45) is 5.41 Å². The molecule has 2 heteroatoms. The monoisotopic (exact) mass is 375 g/mol. The van der Waals surface area contributed by atoms with Crippen molar-refractivity contribution in [2.75, 3.05) is 0 Å². The zero-order valence-corrected chi connectivity index (χ0v) is 16.6. The first-order valence-electron chi connectivity index (χ1n) is 7.26. The van der Waals surface area contributed by atoms with Crippen LogP contribution in [0.4, 0.5) is 0 Å². The van der Waals surface area contributed by atoms with Crippen LogP contribution in [0.5, 0.6) is 0 Å². The molecule has 0 aromatic heterocycles. The maximum absolute atomic E-state index is 2.59. The zero-order valence-electron chi connectivity index (χ0n) is 12.7. The Labute approximate surface area is 127 Å². The van der Waals surface area contributed by atoms with Gasteiger partial charge in [0, 0.05) is 0 Å². The van der Waals surface area contributed by atoms with E-state index in [2.05, 4.69) is 52.1 Å². The summed E-state index contributed by atoms with van der Waals surface area (Å²) >= 11 is -0.242. The number of fused-ring (bicyclic) bond motifs is 2. The molecular formula is C17H23SiSn. The Morgan fingerprint density at radius 1 is 1.16 bits per heavy atom. The van der Waals surface area contributed by atoms with Crippen molar-refractivity contribution in [1.29, 1.82) is 0 Å². The first kappa shape index (κ1) is 13.9. The molecule has 0 amide bonds. The predicted octanol–water partition coefficient (Wildman–Crippen LogP) is 4.22. The van der Waals surface area contributed by atoms with Crippen LogP contribution in [0.3, 0.4) is 0 Å². The van der Waals surface area contributed by atoms with Gasteiger partial charge in [0.05, 0.1) is 0 Å². The molecule has 3 rings (SSSR count). The minimum absolute atomic E-state index is 0.00119. The van der Waals surface area contributed by atoms with Crippen LogP contribution in [0.2, 0.25) is 13.1 Å². The van der Waals surface area contributed by atoms with Gasteiger partial charge in [-0.25, -0.2) is 0 Å². The first-order chi connectivity index (χ1) is 8.85. The maximum atomic E-state index is 2.59. The predicted molar refractivity (Wildman–Crippen MR) is 87.3 cm³/mol. The molecule has 1 radical (unpaired) electrons. The van der Waals surface area contributed by atoms with Crippen LogP contribution < -0.4 is 0 Å². The fraction of sp³-hybridized carbons (Fsp3) is 0.529. The Balaban J connectivity index is 2.07. The SMILES string of the molecule is CC1=Cc2cc3c(cc2[CH]1[Sn]=[Si](C)C)CC(C)(C)C3. The molecule has 2 aliphatic rings. The molecular weight excluding hydrogens is 351 g/mol. The summed E-state index contributed by atoms with van der Waals surface area (Å²) in [5.41, 5.74) is 8.68. The van der Waals surface area contributed by atoms with E-state index in [4.69, 9.17) is 0 Å². The van der Waals surface area contributed by atoms with Gasteiger partial charge in [0.25, 0.3) is 0 Å². The molecule has 0 aliphatic heterocycles. The van der Waals surface area contributed by atoms with E-state index >= 15 is 0 Å². The van der Waals surface area contributed by atoms with Gasteiger partial charge >= 0.3 is 128 Å².